The van der Waals surface area contributed by atoms with Gasteiger partial charge >= 0.3 is 0 Å². The van der Waals surface area contributed by atoms with Gasteiger partial charge in [-0.3, -0.25) is 19.5 Å². The standard InChI is InChI=1S/C21H27N5O2.CH2O2/c27-20(2-1-15-4-7-22-8-5-15)24-10-17-18-12-26(11-16-9-23-14-25-16)13-21(18)6-3-19(17)28-21;2-1-3/h4-5,7-9,14,17-19H,1-3,6,10-13H2,(H,23,25)(H,24,27);1H,(H,2,3)/t17-,18+,19+,21+;/m0./s1. The largest absolute Gasteiger partial charge is 0.483 e. The van der Waals surface area contributed by atoms with Crippen LogP contribution in [0.5, 0.6) is 0 Å². The van der Waals surface area contributed by atoms with Gasteiger partial charge in [-0.1, -0.05) is 0 Å². The first kappa shape index (κ1) is 21.5. The first-order valence-electron chi connectivity index (χ1n) is 10.7. The molecule has 2 aromatic heterocycles. The summed E-state index contributed by atoms with van der Waals surface area (Å²) in [4.78, 5) is 34.5. The van der Waals surface area contributed by atoms with Crippen molar-refractivity contribution in [3.63, 3.8) is 0 Å². The lowest BCUT2D eigenvalue weighted by Gasteiger charge is -2.29. The topological polar surface area (TPSA) is 120 Å². The fraction of sp³-hybridized carbons (Fsp3) is 0.545. The fourth-order valence-corrected chi connectivity index (χ4v) is 5.42. The minimum absolute atomic E-state index is 0.00286. The van der Waals surface area contributed by atoms with Crippen LogP contribution in [0.2, 0.25) is 0 Å². The van der Waals surface area contributed by atoms with Gasteiger partial charge in [-0.2, -0.15) is 0 Å². The zero-order valence-corrected chi connectivity index (χ0v) is 17.4. The number of aromatic nitrogens is 3. The third-order valence-electron chi connectivity index (χ3n) is 6.73. The third-order valence-corrected chi connectivity index (χ3v) is 6.73. The van der Waals surface area contributed by atoms with Crippen LogP contribution in [0.1, 0.15) is 30.5 Å². The van der Waals surface area contributed by atoms with Crippen LogP contribution in [0.15, 0.2) is 37.1 Å². The average molecular weight is 428 g/mol. The van der Waals surface area contributed by atoms with Crippen molar-refractivity contribution < 1.29 is 19.4 Å². The van der Waals surface area contributed by atoms with E-state index in [-0.39, 0.29) is 18.0 Å². The molecule has 3 aliphatic rings. The lowest BCUT2D eigenvalue weighted by atomic mass is 9.73. The maximum atomic E-state index is 12.4. The first-order valence-corrected chi connectivity index (χ1v) is 10.7. The van der Waals surface area contributed by atoms with Gasteiger partial charge in [0.25, 0.3) is 6.47 Å². The Balaban J connectivity index is 0.000000730. The Hall–Kier alpha value is -2.78. The van der Waals surface area contributed by atoms with E-state index in [0.717, 1.165) is 56.7 Å². The number of nitrogens with zero attached hydrogens (tertiary/aromatic N) is 3. The van der Waals surface area contributed by atoms with Crippen LogP contribution in [-0.4, -0.2) is 68.7 Å². The number of ether oxygens (including phenoxy) is 1. The van der Waals surface area contributed by atoms with Crippen molar-refractivity contribution in [1.29, 1.82) is 0 Å². The molecule has 9 heteroatoms. The van der Waals surface area contributed by atoms with E-state index < -0.39 is 0 Å². The predicted molar refractivity (Wildman–Crippen MR) is 112 cm³/mol. The van der Waals surface area contributed by atoms with E-state index in [9.17, 15) is 4.79 Å². The van der Waals surface area contributed by atoms with E-state index in [4.69, 9.17) is 14.6 Å². The highest BCUT2D eigenvalue weighted by Crippen LogP contribution is 2.54. The zero-order chi connectivity index (χ0) is 21.7. The second-order valence-corrected chi connectivity index (χ2v) is 8.54. The molecule has 9 nitrogen and oxygen atoms in total. The summed E-state index contributed by atoms with van der Waals surface area (Å²) >= 11 is 0. The summed E-state index contributed by atoms with van der Waals surface area (Å²) in [6.45, 7) is 3.38. The summed E-state index contributed by atoms with van der Waals surface area (Å²) in [5, 5.41) is 10.1. The summed E-state index contributed by atoms with van der Waals surface area (Å²) in [7, 11) is 0. The average Bonchev–Trinajstić information content (AvgIpc) is 3.54. The van der Waals surface area contributed by atoms with E-state index >= 15 is 0 Å². The summed E-state index contributed by atoms with van der Waals surface area (Å²) in [5.74, 6) is 1.06. The number of H-pyrrole nitrogens is 1. The molecule has 0 radical (unpaired) electrons. The SMILES string of the molecule is O=C(CCc1ccncc1)NC[C@H]1[C@H]2CN(Cc3cnc[nH]3)C[C@]23CC[C@H]1O3.O=CO. The maximum absolute atomic E-state index is 12.4. The van der Waals surface area contributed by atoms with Gasteiger partial charge < -0.3 is 20.1 Å². The van der Waals surface area contributed by atoms with Crippen LogP contribution in [0, 0.1) is 11.8 Å². The Labute approximate surface area is 181 Å². The molecule has 3 saturated heterocycles. The molecule has 0 aromatic carbocycles. The number of hydrogen-bond acceptors (Lipinski definition) is 6. The van der Waals surface area contributed by atoms with Crippen molar-refractivity contribution >= 4 is 12.4 Å². The molecule has 4 atom stereocenters. The number of amides is 1. The Morgan fingerprint density at radius 3 is 2.94 bits per heavy atom. The molecular weight excluding hydrogens is 398 g/mol. The van der Waals surface area contributed by atoms with E-state index in [0.29, 0.717) is 24.4 Å². The molecule has 0 saturated carbocycles. The van der Waals surface area contributed by atoms with Gasteiger partial charge in [0.05, 0.1) is 18.0 Å². The van der Waals surface area contributed by atoms with Crippen LogP contribution < -0.4 is 5.32 Å². The Morgan fingerprint density at radius 1 is 1.39 bits per heavy atom. The number of hydrogen-bond donors (Lipinski definition) is 3. The van der Waals surface area contributed by atoms with Gasteiger partial charge in [-0.15, -0.1) is 0 Å². The number of pyridine rings is 1. The molecule has 3 N–H and O–H groups in total. The Kier molecular flexibility index (Phi) is 6.62. The fourth-order valence-electron chi connectivity index (χ4n) is 5.42. The Bertz CT molecular complexity index is 862. The molecule has 1 spiro atoms. The normalized spacial score (nSPS) is 28.6. The number of likely N-dealkylation sites (tertiary alicyclic amines) is 1. The third kappa shape index (κ3) is 4.77. The number of carbonyl (C=O) groups is 2. The summed E-state index contributed by atoms with van der Waals surface area (Å²) in [6, 6.07) is 3.93. The monoisotopic (exact) mass is 427 g/mol. The summed E-state index contributed by atoms with van der Waals surface area (Å²) in [6.07, 6.45) is 11.0. The number of rotatable bonds is 7. The minimum atomic E-state index is -0.250. The minimum Gasteiger partial charge on any atom is -0.483 e. The number of imidazole rings is 1. The van der Waals surface area contributed by atoms with Crippen LogP contribution in [0.25, 0.3) is 0 Å². The number of aryl methyl sites for hydroxylation is 1. The van der Waals surface area contributed by atoms with E-state index in [2.05, 4.69) is 25.2 Å². The lowest BCUT2D eigenvalue weighted by molar-refractivity contribution is -0.123. The number of aromatic amines is 1. The molecular formula is C22H29N5O4. The van der Waals surface area contributed by atoms with Gasteiger partial charge in [-0.05, 0) is 37.0 Å². The predicted octanol–water partition coefficient (Wildman–Crippen LogP) is 1.23. The van der Waals surface area contributed by atoms with Crippen molar-refractivity contribution in [2.75, 3.05) is 19.6 Å². The second kappa shape index (κ2) is 9.57. The maximum Gasteiger partial charge on any atom is 0.290 e. The Morgan fingerprint density at radius 2 is 2.19 bits per heavy atom. The van der Waals surface area contributed by atoms with Crippen LogP contribution in [0.3, 0.4) is 0 Å². The quantitative estimate of drug-likeness (QED) is 0.569. The van der Waals surface area contributed by atoms with Crippen LogP contribution in [0.4, 0.5) is 0 Å². The number of fused-ring (bicyclic) bond motifs is 1. The van der Waals surface area contributed by atoms with E-state index in [1.54, 1.807) is 18.7 Å². The van der Waals surface area contributed by atoms with Crippen molar-refractivity contribution in [2.45, 2.75) is 43.9 Å². The molecule has 1 amide bonds. The van der Waals surface area contributed by atoms with Gasteiger partial charge in [0.2, 0.25) is 5.91 Å². The zero-order valence-electron chi connectivity index (χ0n) is 17.4. The second-order valence-electron chi connectivity index (χ2n) is 8.54. The van der Waals surface area contributed by atoms with Crippen molar-refractivity contribution in [1.82, 2.24) is 25.2 Å². The summed E-state index contributed by atoms with van der Waals surface area (Å²) < 4.78 is 6.48. The smallest absolute Gasteiger partial charge is 0.290 e. The number of nitrogens with one attached hydrogen (secondary N) is 2. The van der Waals surface area contributed by atoms with Crippen molar-refractivity contribution in [3.05, 3.63) is 48.3 Å². The van der Waals surface area contributed by atoms with Gasteiger partial charge in [0, 0.05) is 68.7 Å². The van der Waals surface area contributed by atoms with Crippen molar-refractivity contribution in [2.24, 2.45) is 11.8 Å². The molecule has 0 unspecified atom stereocenters. The lowest BCUT2D eigenvalue weighted by Crippen LogP contribution is -2.41. The van der Waals surface area contributed by atoms with E-state index in [1.807, 2.05) is 18.3 Å². The summed E-state index contributed by atoms with van der Waals surface area (Å²) in [5.41, 5.74) is 2.29. The highest BCUT2D eigenvalue weighted by atomic mass is 16.5. The number of carbonyl (C=O) groups excluding carboxylic acids is 1. The van der Waals surface area contributed by atoms with Gasteiger partial charge in [-0.25, -0.2) is 4.98 Å². The van der Waals surface area contributed by atoms with Gasteiger partial charge in [0.1, 0.15) is 0 Å². The molecule has 2 aromatic rings. The molecule has 5 heterocycles. The molecule has 0 aliphatic carbocycles. The first-order chi connectivity index (χ1) is 15.1. The molecule has 3 aliphatic heterocycles. The molecule has 2 bridgehead atoms. The number of carboxylic acid groups (broad SMARTS) is 1. The highest BCUT2D eigenvalue weighted by molar-refractivity contribution is 5.76. The van der Waals surface area contributed by atoms with Gasteiger partial charge in [0.15, 0.2) is 0 Å². The molecule has 5 rings (SSSR count). The van der Waals surface area contributed by atoms with E-state index in [1.165, 1.54) is 0 Å². The molecule has 3 fully saturated rings. The van der Waals surface area contributed by atoms with Crippen molar-refractivity contribution in [3.8, 4) is 0 Å². The van der Waals surface area contributed by atoms with Crippen LogP contribution >= 0.6 is 0 Å². The van der Waals surface area contributed by atoms with Crippen LogP contribution in [-0.2, 0) is 27.3 Å². The molecule has 166 valence electrons. The highest BCUT2D eigenvalue weighted by Gasteiger charge is 2.62. The molecule has 31 heavy (non-hydrogen) atoms.